The molecule has 0 aromatic heterocycles. The third-order valence-corrected chi connectivity index (χ3v) is 6.53. The SMILES string of the molecule is CC[C@H]1C[C@H](NC)C[C@H]2CC(S(=O)(=O)CC)N21. The molecule has 1 N–H and O–H groups in total. The minimum absolute atomic E-state index is 0.194. The predicted octanol–water partition coefficient (Wildman–Crippen LogP) is 0.982. The number of fused-ring (bicyclic) bond motifs is 1. The van der Waals surface area contributed by atoms with Crippen molar-refractivity contribution in [3.05, 3.63) is 0 Å². The average molecular weight is 260 g/mol. The van der Waals surface area contributed by atoms with Crippen LogP contribution in [0.25, 0.3) is 0 Å². The van der Waals surface area contributed by atoms with Crippen molar-refractivity contribution in [1.29, 1.82) is 0 Å². The maximum atomic E-state index is 12.0. The number of piperidine rings is 1. The summed E-state index contributed by atoms with van der Waals surface area (Å²) >= 11 is 0. The number of hydrogen-bond acceptors (Lipinski definition) is 4. The summed E-state index contributed by atoms with van der Waals surface area (Å²) in [6.45, 7) is 3.91. The molecule has 0 aliphatic carbocycles. The quantitative estimate of drug-likeness (QED) is 0.819. The number of hydrogen-bond donors (Lipinski definition) is 1. The molecule has 0 amide bonds. The van der Waals surface area contributed by atoms with E-state index in [4.69, 9.17) is 0 Å². The molecule has 4 atom stereocenters. The van der Waals surface area contributed by atoms with Gasteiger partial charge in [-0.2, -0.15) is 0 Å². The van der Waals surface area contributed by atoms with Gasteiger partial charge in [-0.15, -0.1) is 0 Å². The highest BCUT2D eigenvalue weighted by atomic mass is 32.2. The molecule has 0 aromatic carbocycles. The molecule has 0 saturated carbocycles. The minimum Gasteiger partial charge on any atom is -0.317 e. The van der Waals surface area contributed by atoms with Crippen molar-refractivity contribution >= 4 is 9.84 Å². The summed E-state index contributed by atoms with van der Waals surface area (Å²) in [5.41, 5.74) is 0. The topological polar surface area (TPSA) is 49.4 Å². The van der Waals surface area contributed by atoms with Crippen LogP contribution in [0, 0.1) is 0 Å². The Hall–Kier alpha value is -0.130. The van der Waals surface area contributed by atoms with Crippen LogP contribution in [-0.4, -0.2) is 49.6 Å². The summed E-state index contributed by atoms with van der Waals surface area (Å²) in [6.07, 6.45) is 4.07. The Morgan fingerprint density at radius 2 is 1.94 bits per heavy atom. The van der Waals surface area contributed by atoms with Gasteiger partial charge in [0.2, 0.25) is 0 Å². The summed E-state index contributed by atoms with van der Waals surface area (Å²) < 4.78 is 24.0. The van der Waals surface area contributed by atoms with Gasteiger partial charge in [0.15, 0.2) is 9.84 Å². The average Bonchev–Trinajstić information content (AvgIpc) is 2.29. The van der Waals surface area contributed by atoms with E-state index in [-0.39, 0.29) is 11.1 Å². The zero-order chi connectivity index (χ0) is 12.6. The molecule has 0 spiro atoms. The molecule has 2 aliphatic rings. The molecule has 100 valence electrons. The van der Waals surface area contributed by atoms with Gasteiger partial charge in [0.1, 0.15) is 5.37 Å². The largest absolute Gasteiger partial charge is 0.317 e. The summed E-state index contributed by atoms with van der Waals surface area (Å²) in [5.74, 6) is 0.271. The highest BCUT2D eigenvalue weighted by molar-refractivity contribution is 7.92. The van der Waals surface area contributed by atoms with E-state index in [0.717, 1.165) is 25.7 Å². The first-order valence-electron chi connectivity index (χ1n) is 6.69. The fourth-order valence-corrected chi connectivity index (χ4v) is 4.95. The lowest BCUT2D eigenvalue weighted by atomic mass is 9.83. The first-order valence-corrected chi connectivity index (χ1v) is 8.41. The second kappa shape index (κ2) is 4.86. The Labute approximate surface area is 105 Å². The van der Waals surface area contributed by atoms with E-state index in [1.54, 1.807) is 6.92 Å². The Balaban J connectivity index is 2.11. The molecule has 1 unspecified atom stereocenters. The first kappa shape index (κ1) is 13.3. The smallest absolute Gasteiger partial charge is 0.166 e. The van der Waals surface area contributed by atoms with Crippen LogP contribution in [0.2, 0.25) is 0 Å². The summed E-state index contributed by atoms with van der Waals surface area (Å²) in [6, 6.07) is 1.48. The van der Waals surface area contributed by atoms with Crippen molar-refractivity contribution < 1.29 is 8.42 Å². The van der Waals surface area contributed by atoms with Gasteiger partial charge in [0.05, 0.1) is 0 Å². The van der Waals surface area contributed by atoms with Gasteiger partial charge >= 0.3 is 0 Å². The lowest BCUT2D eigenvalue weighted by Crippen LogP contribution is -2.67. The lowest BCUT2D eigenvalue weighted by molar-refractivity contribution is -0.0316. The summed E-state index contributed by atoms with van der Waals surface area (Å²) in [7, 11) is -0.888. The molecule has 5 heteroatoms. The molecule has 0 bridgehead atoms. The number of nitrogens with one attached hydrogen (secondary N) is 1. The highest BCUT2D eigenvalue weighted by Gasteiger charge is 2.51. The van der Waals surface area contributed by atoms with Crippen molar-refractivity contribution in [2.75, 3.05) is 12.8 Å². The monoisotopic (exact) mass is 260 g/mol. The Bertz CT molecular complexity index is 369. The van der Waals surface area contributed by atoms with Crippen LogP contribution in [0.3, 0.4) is 0 Å². The van der Waals surface area contributed by atoms with Crippen molar-refractivity contribution in [2.45, 2.75) is 63.0 Å². The van der Waals surface area contributed by atoms with Crippen LogP contribution in [0.1, 0.15) is 39.5 Å². The zero-order valence-corrected chi connectivity index (χ0v) is 11.8. The normalized spacial score (nSPS) is 38.5. The van der Waals surface area contributed by atoms with Crippen LogP contribution in [0.4, 0.5) is 0 Å². The van der Waals surface area contributed by atoms with Crippen LogP contribution in [0.5, 0.6) is 0 Å². The van der Waals surface area contributed by atoms with Gasteiger partial charge in [-0.25, -0.2) is 8.42 Å². The lowest BCUT2D eigenvalue weighted by Gasteiger charge is -2.56. The molecular weight excluding hydrogens is 236 g/mol. The molecule has 2 rings (SSSR count). The van der Waals surface area contributed by atoms with Crippen molar-refractivity contribution in [3.63, 3.8) is 0 Å². The van der Waals surface area contributed by atoms with E-state index in [1.807, 2.05) is 7.05 Å². The molecular formula is C12H24N2O2S. The van der Waals surface area contributed by atoms with Gasteiger partial charge in [-0.3, -0.25) is 4.90 Å². The Morgan fingerprint density at radius 1 is 1.24 bits per heavy atom. The van der Waals surface area contributed by atoms with Crippen LogP contribution < -0.4 is 5.32 Å². The Kier molecular flexibility index (Phi) is 3.80. The van der Waals surface area contributed by atoms with Crippen molar-refractivity contribution in [3.8, 4) is 0 Å². The fraction of sp³-hybridized carbons (Fsp3) is 1.00. The van der Waals surface area contributed by atoms with Crippen molar-refractivity contribution in [2.24, 2.45) is 0 Å². The Morgan fingerprint density at radius 3 is 2.47 bits per heavy atom. The molecule has 17 heavy (non-hydrogen) atoms. The summed E-state index contributed by atoms with van der Waals surface area (Å²) in [5, 5.41) is 3.15. The van der Waals surface area contributed by atoms with Crippen LogP contribution in [0.15, 0.2) is 0 Å². The van der Waals surface area contributed by atoms with Gasteiger partial charge in [0.25, 0.3) is 0 Å². The van der Waals surface area contributed by atoms with Crippen molar-refractivity contribution in [1.82, 2.24) is 10.2 Å². The molecule has 2 aliphatic heterocycles. The highest BCUT2D eigenvalue weighted by Crippen LogP contribution is 2.40. The fourth-order valence-electron chi connectivity index (χ4n) is 3.34. The number of nitrogens with zero attached hydrogens (tertiary/aromatic N) is 1. The maximum absolute atomic E-state index is 12.0. The van der Waals surface area contributed by atoms with E-state index in [9.17, 15) is 8.42 Å². The second-order valence-corrected chi connectivity index (χ2v) is 7.71. The standard InChI is InChI=1S/C12H24N2O2S/c1-4-10-6-9(13-3)7-11-8-12(14(10)11)17(15,16)5-2/h9-13H,4-8H2,1-3H3/t9-,10-,11-,12?/m0/s1. The minimum atomic E-state index is -2.89. The summed E-state index contributed by atoms with van der Waals surface area (Å²) in [4.78, 5) is 2.27. The molecule has 4 nitrogen and oxygen atoms in total. The first-order chi connectivity index (χ1) is 8.03. The van der Waals surface area contributed by atoms with E-state index < -0.39 is 9.84 Å². The van der Waals surface area contributed by atoms with Gasteiger partial charge in [-0.05, 0) is 32.7 Å². The molecule has 0 aromatic rings. The van der Waals surface area contributed by atoms with Gasteiger partial charge < -0.3 is 5.32 Å². The van der Waals surface area contributed by atoms with Crippen LogP contribution >= 0.6 is 0 Å². The number of rotatable bonds is 4. The molecule has 2 saturated heterocycles. The van der Waals surface area contributed by atoms with Gasteiger partial charge in [0, 0.05) is 23.9 Å². The zero-order valence-electron chi connectivity index (χ0n) is 11.0. The third-order valence-electron chi connectivity index (χ3n) is 4.46. The maximum Gasteiger partial charge on any atom is 0.166 e. The number of sulfone groups is 1. The molecule has 2 heterocycles. The second-order valence-electron chi connectivity index (χ2n) is 5.26. The van der Waals surface area contributed by atoms with E-state index in [2.05, 4.69) is 17.1 Å². The predicted molar refractivity (Wildman–Crippen MR) is 69.7 cm³/mol. The van der Waals surface area contributed by atoms with E-state index in [1.165, 1.54) is 0 Å². The van der Waals surface area contributed by atoms with Crippen LogP contribution in [-0.2, 0) is 9.84 Å². The third kappa shape index (κ3) is 2.25. The van der Waals surface area contributed by atoms with E-state index in [0.29, 0.717) is 18.1 Å². The molecule has 0 radical (unpaired) electrons. The molecule has 2 fully saturated rings. The van der Waals surface area contributed by atoms with Gasteiger partial charge in [-0.1, -0.05) is 13.8 Å². The van der Waals surface area contributed by atoms with E-state index >= 15 is 0 Å².